The third-order valence-corrected chi connectivity index (χ3v) is 15.9. The van der Waals surface area contributed by atoms with Crippen molar-refractivity contribution in [3.63, 3.8) is 0 Å². The summed E-state index contributed by atoms with van der Waals surface area (Å²) in [5.41, 5.74) is 0. The van der Waals surface area contributed by atoms with E-state index in [9.17, 15) is 40.5 Å². The van der Waals surface area contributed by atoms with Crippen LogP contribution in [0.5, 0.6) is 0 Å². The Hall–Kier alpha value is -1.67. The van der Waals surface area contributed by atoms with Crippen LogP contribution in [0.1, 0.15) is 309 Å². The van der Waals surface area contributed by atoms with Gasteiger partial charge in [0.1, 0.15) is 36.6 Å². The van der Waals surface area contributed by atoms with Crippen molar-refractivity contribution in [2.45, 2.75) is 364 Å². The highest BCUT2D eigenvalue weighted by atomic mass is 16.7. The molecule has 9 unspecified atom stereocenters. The van der Waals surface area contributed by atoms with Crippen molar-refractivity contribution in [2.24, 2.45) is 0 Å². The third kappa shape index (κ3) is 42.8. The van der Waals surface area contributed by atoms with Gasteiger partial charge in [-0.05, 0) is 70.6 Å². The third-order valence-electron chi connectivity index (χ3n) is 15.9. The van der Waals surface area contributed by atoms with Gasteiger partial charge in [-0.15, -0.1) is 0 Å². The second-order valence-electron chi connectivity index (χ2n) is 23.2. The second kappa shape index (κ2) is 54.9. The van der Waals surface area contributed by atoms with Crippen LogP contribution in [0.15, 0.2) is 36.5 Å². The number of aliphatic hydroxyl groups excluding tert-OH is 7. The SMILES string of the molecule is CCCCCCCCCCC/C=C/CCCC(O)C(O)C(COC1OC(CO)C(O)C(O)C1O)NC(=O)C(O)CCCCCCCCCCCCCCCCCC/C=C\C/C=C\CCCCCCCCCCCCCCC. The zero-order valence-corrected chi connectivity index (χ0v) is 50.0. The number of amides is 1. The first kappa shape index (κ1) is 73.3. The van der Waals surface area contributed by atoms with Crippen molar-refractivity contribution in [1.29, 1.82) is 0 Å². The van der Waals surface area contributed by atoms with Gasteiger partial charge in [0.15, 0.2) is 6.29 Å². The van der Waals surface area contributed by atoms with Gasteiger partial charge in [-0.25, -0.2) is 0 Å². The van der Waals surface area contributed by atoms with E-state index >= 15 is 0 Å². The van der Waals surface area contributed by atoms with Crippen molar-refractivity contribution in [3.8, 4) is 0 Å². The molecule has 0 radical (unpaired) electrons. The van der Waals surface area contributed by atoms with E-state index in [-0.39, 0.29) is 12.8 Å². The lowest BCUT2D eigenvalue weighted by molar-refractivity contribution is -0.303. The van der Waals surface area contributed by atoms with Gasteiger partial charge in [-0.1, -0.05) is 275 Å². The Morgan fingerprint density at radius 1 is 0.455 bits per heavy atom. The molecule has 1 heterocycles. The molecule has 0 saturated carbocycles. The first-order valence-electron chi connectivity index (χ1n) is 32.9. The van der Waals surface area contributed by atoms with Gasteiger partial charge in [0.2, 0.25) is 5.91 Å². The molecule has 1 aliphatic heterocycles. The summed E-state index contributed by atoms with van der Waals surface area (Å²) < 4.78 is 11.1. The molecule has 11 heteroatoms. The normalized spacial score (nSPS) is 19.7. The van der Waals surface area contributed by atoms with Gasteiger partial charge in [0.25, 0.3) is 0 Å². The first-order chi connectivity index (χ1) is 37.7. The number of hydrogen-bond donors (Lipinski definition) is 8. The van der Waals surface area contributed by atoms with E-state index in [1.165, 1.54) is 225 Å². The molecular weight excluding hydrogens is 967 g/mol. The minimum atomic E-state index is -1.67. The van der Waals surface area contributed by atoms with Gasteiger partial charge >= 0.3 is 0 Å². The van der Waals surface area contributed by atoms with Crippen LogP contribution >= 0.6 is 0 Å². The molecule has 0 bridgehead atoms. The molecule has 0 aromatic heterocycles. The highest BCUT2D eigenvalue weighted by molar-refractivity contribution is 5.80. The van der Waals surface area contributed by atoms with Crippen molar-refractivity contribution in [1.82, 2.24) is 5.32 Å². The van der Waals surface area contributed by atoms with Crippen LogP contribution in [0.3, 0.4) is 0 Å². The number of ether oxygens (including phenoxy) is 2. The minimum Gasteiger partial charge on any atom is -0.394 e. The number of aliphatic hydroxyl groups is 7. The largest absolute Gasteiger partial charge is 0.394 e. The van der Waals surface area contributed by atoms with Gasteiger partial charge in [-0.2, -0.15) is 0 Å². The fourth-order valence-electron chi connectivity index (χ4n) is 10.6. The molecule has 1 fully saturated rings. The summed E-state index contributed by atoms with van der Waals surface area (Å²) in [5, 5.41) is 76.1. The predicted octanol–water partition coefficient (Wildman–Crippen LogP) is 15.0. The molecule has 1 amide bonds. The van der Waals surface area contributed by atoms with Gasteiger partial charge in [0, 0.05) is 0 Å². The summed E-state index contributed by atoms with van der Waals surface area (Å²) in [6.45, 7) is 3.46. The summed E-state index contributed by atoms with van der Waals surface area (Å²) in [6, 6.07) is -1.18. The predicted molar refractivity (Wildman–Crippen MR) is 321 cm³/mol. The maximum absolute atomic E-state index is 13.2. The molecule has 1 aliphatic rings. The summed E-state index contributed by atoms with van der Waals surface area (Å²) in [5.74, 6) is -0.703. The molecule has 11 nitrogen and oxygen atoms in total. The topological polar surface area (TPSA) is 189 Å². The standard InChI is InChI=1S/C66H125NO10/c1-3-5-7-9-11-13-15-17-19-20-21-22-23-24-25-26-27-28-29-30-31-32-33-34-35-36-37-38-39-40-42-44-46-48-50-52-54-59(70)65(75)67-57(56-76-66-64(74)63(73)62(72)60(55-68)77-66)61(71)58(69)53-51-49-47-45-43-41-18-16-14-12-10-8-6-4-2/h25-26,28-29,45,47,57-64,66,68-74H,3-24,27,30-44,46,48-56H2,1-2H3,(H,67,75)/b26-25-,29-28-,47-45+. The molecule has 8 N–H and O–H groups in total. The van der Waals surface area contributed by atoms with Crippen LogP contribution in [-0.4, -0.2) is 110 Å². The van der Waals surface area contributed by atoms with Crippen molar-refractivity contribution in [2.75, 3.05) is 13.2 Å². The molecule has 0 spiro atoms. The van der Waals surface area contributed by atoms with Crippen LogP contribution in [0.2, 0.25) is 0 Å². The Bertz CT molecular complexity index is 1350. The number of nitrogens with one attached hydrogen (secondary N) is 1. The molecule has 0 aromatic carbocycles. The van der Waals surface area contributed by atoms with E-state index in [4.69, 9.17) is 9.47 Å². The number of allylic oxidation sites excluding steroid dienone is 6. The number of rotatable bonds is 57. The van der Waals surface area contributed by atoms with E-state index in [1.807, 2.05) is 0 Å². The van der Waals surface area contributed by atoms with Crippen molar-refractivity contribution >= 4 is 5.91 Å². The van der Waals surface area contributed by atoms with Crippen molar-refractivity contribution < 1.29 is 50.0 Å². The lowest BCUT2D eigenvalue weighted by Gasteiger charge is -2.40. The molecule has 0 aromatic rings. The zero-order valence-electron chi connectivity index (χ0n) is 50.0. The van der Waals surface area contributed by atoms with E-state index in [0.29, 0.717) is 12.8 Å². The summed E-state index contributed by atoms with van der Waals surface area (Å²) in [4.78, 5) is 13.2. The van der Waals surface area contributed by atoms with E-state index in [0.717, 1.165) is 44.9 Å². The van der Waals surface area contributed by atoms with Crippen LogP contribution < -0.4 is 5.32 Å². The minimum absolute atomic E-state index is 0.255. The lowest BCUT2D eigenvalue weighted by atomic mass is 9.98. The quantitative estimate of drug-likeness (QED) is 0.0215. The van der Waals surface area contributed by atoms with Gasteiger partial charge in [-0.3, -0.25) is 4.79 Å². The van der Waals surface area contributed by atoms with Crippen LogP contribution in [-0.2, 0) is 14.3 Å². The number of unbranched alkanes of at least 4 members (excludes halogenated alkanes) is 39. The summed E-state index contributed by atoms with van der Waals surface area (Å²) >= 11 is 0. The molecule has 0 aliphatic carbocycles. The Morgan fingerprint density at radius 2 is 0.805 bits per heavy atom. The maximum atomic E-state index is 13.2. The fourth-order valence-corrected chi connectivity index (χ4v) is 10.6. The van der Waals surface area contributed by atoms with Crippen LogP contribution in [0, 0.1) is 0 Å². The first-order valence-corrected chi connectivity index (χ1v) is 32.9. The Labute approximate surface area is 473 Å². The number of carbonyl (C=O) groups is 1. The van der Waals surface area contributed by atoms with Crippen molar-refractivity contribution in [3.05, 3.63) is 36.5 Å². The molecule has 1 saturated heterocycles. The molecule has 1 rings (SSSR count). The van der Waals surface area contributed by atoms with E-state index < -0.39 is 74.2 Å². The monoisotopic (exact) mass is 1090 g/mol. The number of hydrogen-bond acceptors (Lipinski definition) is 10. The Balaban J connectivity index is 2.15. The smallest absolute Gasteiger partial charge is 0.249 e. The maximum Gasteiger partial charge on any atom is 0.249 e. The number of carbonyl (C=O) groups excluding carboxylic acids is 1. The molecule has 454 valence electrons. The zero-order chi connectivity index (χ0) is 56.1. The lowest BCUT2D eigenvalue weighted by Crippen LogP contribution is -2.60. The summed E-state index contributed by atoms with van der Waals surface area (Å²) in [7, 11) is 0. The van der Waals surface area contributed by atoms with Gasteiger partial charge < -0.3 is 50.5 Å². The molecule has 9 atom stereocenters. The highest BCUT2D eigenvalue weighted by Crippen LogP contribution is 2.24. The van der Waals surface area contributed by atoms with Gasteiger partial charge in [0.05, 0.1) is 25.4 Å². The average molecular weight is 1090 g/mol. The summed E-state index contributed by atoms with van der Waals surface area (Å²) in [6.07, 6.45) is 58.1. The van der Waals surface area contributed by atoms with Crippen LogP contribution in [0.4, 0.5) is 0 Å². The molecule has 77 heavy (non-hydrogen) atoms. The molecular formula is C66H125NO10. The average Bonchev–Trinajstić information content (AvgIpc) is 3.43. The Morgan fingerprint density at radius 3 is 1.19 bits per heavy atom. The second-order valence-corrected chi connectivity index (χ2v) is 23.2. The Kier molecular flexibility index (Phi) is 52.3. The highest BCUT2D eigenvalue weighted by Gasteiger charge is 2.44. The van der Waals surface area contributed by atoms with E-state index in [1.54, 1.807) is 0 Å². The fraction of sp³-hybridized carbons (Fsp3) is 0.894. The van der Waals surface area contributed by atoms with Crippen LogP contribution in [0.25, 0.3) is 0 Å². The van der Waals surface area contributed by atoms with E-state index in [2.05, 4.69) is 55.6 Å².